The number of aliphatic carboxylic acids is 1. The molecule has 0 unspecified atom stereocenters. The maximum absolute atomic E-state index is 10.0. The fourth-order valence-corrected chi connectivity index (χ4v) is 0.216. The Morgan fingerprint density at radius 1 is 1.31 bits per heavy atom. The van der Waals surface area contributed by atoms with Gasteiger partial charge in [-0.05, 0) is 5.76 Å². The van der Waals surface area contributed by atoms with E-state index < -0.39 is 24.1 Å². The molecule has 1 radical (unpaired) electrons. The molecular formula is C5H6CoO7. The molecule has 0 aliphatic rings. The Balaban J connectivity index is -0.000000220. The van der Waals surface area contributed by atoms with Crippen LogP contribution in [-0.4, -0.2) is 32.9 Å². The molecule has 7 nitrogen and oxygen atoms in total. The average Bonchev–Trinajstić information content (AvgIpc) is 1.87. The minimum Gasteiger partial charge on any atom is -0.870 e. The number of carbonyl (C=O) groups is 1. The first-order valence-corrected chi connectivity index (χ1v) is 2.46. The van der Waals surface area contributed by atoms with E-state index in [1.165, 1.54) is 0 Å². The Labute approximate surface area is 83.1 Å². The number of hydrogen-bond acceptors (Lipinski definition) is 5. The molecule has 0 saturated heterocycles. The van der Waals surface area contributed by atoms with Gasteiger partial charge in [-0.3, -0.25) is 4.79 Å². The summed E-state index contributed by atoms with van der Waals surface area (Å²) in [6.07, 6.45) is -0.887. The standard InChI is InChI=1S/C4H6O5.CHO2.Co/c5-2(4(8)9)1-3(6)7;2-1-3;/h5,8-9H,1H2,(H,6,7);(H,2,3);/q;-1;+2/p-1. The molecule has 0 fully saturated rings. The summed E-state index contributed by atoms with van der Waals surface area (Å²) in [6, 6.07) is 0. The average molecular weight is 237 g/mol. The van der Waals surface area contributed by atoms with E-state index in [4.69, 9.17) is 25.2 Å². The monoisotopic (exact) mass is 237 g/mol. The minimum absolute atomic E-state index is 0. The summed E-state index contributed by atoms with van der Waals surface area (Å²) < 4.78 is 0. The third-order valence-corrected chi connectivity index (χ3v) is 0.561. The molecule has 0 amide bonds. The Hall–Kier alpha value is -1.41. The van der Waals surface area contributed by atoms with Gasteiger partial charge in [-0.25, -0.2) is 0 Å². The van der Waals surface area contributed by atoms with Gasteiger partial charge >= 0.3 is 22.7 Å². The van der Waals surface area contributed by atoms with Crippen LogP contribution in [0.15, 0.2) is 11.7 Å². The zero-order valence-corrected chi connectivity index (χ0v) is 7.10. The molecule has 0 aromatic carbocycles. The summed E-state index contributed by atoms with van der Waals surface area (Å²) in [5.41, 5.74) is 0. The van der Waals surface area contributed by atoms with Crippen LogP contribution in [0.4, 0.5) is 0 Å². The van der Waals surface area contributed by atoms with Crippen LogP contribution in [0.2, 0.25) is 0 Å². The Bertz CT molecular complexity index is 183. The first-order valence-electron chi connectivity index (χ1n) is 2.46. The number of aliphatic hydroxyl groups excluding tert-OH is 2. The first kappa shape index (κ1) is 17.6. The van der Waals surface area contributed by atoms with Crippen molar-refractivity contribution in [1.82, 2.24) is 0 Å². The van der Waals surface area contributed by atoms with Gasteiger partial charge in [0.05, 0.1) is 6.42 Å². The van der Waals surface area contributed by atoms with Crippen LogP contribution in [0.3, 0.4) is 0 Å². The van der Waals surface area contributed by atoms with E-state index in [-0.39, 0.29) is 16.8 Å². The largest absolute Gasteiger partial charge is 2.00 e. The van der Waals surface area contributed by atoms with Gasteiger partial charge in [0, 0.05) is 0 Å². The van der Waals surface area contributed by atoms with Crippen LogP contribution >= 0.6 is 0 Å². The van der Waals surface area contributed by atoms with Crippen LogP contribution < -0.4 is 5.11 Å². The zero-order chi connectivity index (χ0) is 10.1. The van der Waals surface area contributed by atoms with Crippen molar-refractivity contribution in [2.75, 3.05) is 0 Å². The summed E-state index contributed by atoms with van der Waals surface area (Å²) in [5, 5.41) is 40.5. The smallest absolute Gasteiger partial charge is 0.870 e. The van der Waals surface area contributed by atoms with Crippen molar-refractivity contribution in [3.8, 4) is 0 Å². The fraction of sp³-hybridized carbons (Fsp3) is 0.200. The third kappa shape index (κ3) is 18.0. The molecule has 0 aromatic heterocycles. The first-order chi connectivity index (χ1) is 5.45. The van der Waals surface area contributed by atoms with Crippen molar-refractivity contribution in [3.05, 3.63) is 11.7 Å². The molecule has 0 saturated carbocycles. The Morgan fingerprint density at radius 3 is 1.69 bits per heavy atom. The molecule has 4 N–H and O–H groups in total. The number of rotatable bonds is 2. The summed E-state index contributed by atoms with van der Waals surface area (Å²) in [4.78, 5) is 17.9. The Kier molecular flexibility index (Phi) is 14.3. The summed E-state index contributed by atoms with van der Waals surface area (Å²) in [7, 11) is 0. The normalized spacial score (nSPS) is 6.77. The minimum atomic E-state index is -1.46. The molecule has 13 heavy (non-hydrogen) atoms. The van der Waals surface area contributed by atoms with E-state index in [2.05, 4.69) is 0 Å². The van der Waals surface area contributed by atoms with Gasteiger partial charge in [0.2, 0.25) is 0 Å². The SMILES string of the molecule is O=C(O)CC([O-])=C(O)O.O=[C-]O.[Co+2]. The predicted octanol–water partition coefficient (Wildman–Crippen LogP) is -1.28. The maximum Gasteiger partial charge on any atom is 2.00 e. The molecule has 8 heteroatoms. The molecule has 0 atom stereocenters. The van der Waals surface area contributed by atoms with Gasteiger partial charge in [0.15, 0.2) is 0 Å². The van der Waals surface area contributed by atoms with Gasteiger partial charge in [-0.2, -0.15) is 0 Å². The van der Waals surface area contributed by atoms with Gasteiger partial charge in [-0.15, -0.1) is 0 Å². The van der Waals surface area contributed by atoms with E-state index in [0.29, 0.717) is 6.47 Å². The molecule has 0 aliphatic heterocycles. The molecule has 0 aromatic rings. The van der Waals surface area contributed by atoms with E-state index >= 15 is 0 Å². The van der Waals surface area contributed by atoms with Gasteiger partial charge in [0.25, 0.3) is 5.95 Å². The number of carboxylic acid groups (broad SMARTS) is 1. The zero-order valence-electron chi connectivity index (χ0n) is 6.05. The molecule has 0 spiro atoms. The van der Waals surface area contributed by atoms with Crippen molar-refractivity contribution in [3.63, 3.8) is 0 Å². The number of hydrogen-bond donors (Lipinski definition) is 4. The summed E-state index contributed by atoms with van der Waals surface area (Å²) >= 11 is 0. The maximum atomic E-state index is 10.0. The molecular weight excluding hydrogens is 231 g/mol. The van der Waals surface area contributed by atoms with E-state index in [9.17, 15) is 9.90 Å². The second-order valence-electron chi connectivity index (χ2n) is 1.41. The van der Waals surface area contributed by atoms with Gasteiger partial charge in [0.1, 0.15) is 0 Å². The number of carboxylic acids is 1. The third-order valence-electron chi connectivity index (χ3n) is 0.561. The topological polar surface area (TPSA) is 138 Å². The molecule has 0 bridgehead atoms. The molecule has 0 rings (SSSR count). The van der Waals surface area contributed by atoms with Crippen LogP contribution in [0, 0.1) is 0 Å². The van der Waals surface area contributed by atoms with E-state index in [0.717, 1.165) is 0 Å². The van der Waals surface area contributed by atoms with Crippen molar-refractivity contribution in [2.45, 2.75) is 6.42 Å². The fourth-order valence-electron chi connectivity index (χ4n) is 0.216. The summed E-state index contributed by atoms with van der Waals surface area (Å²) in [6.45, 7) is 0.500. The second-order valence-corrected chi connectivity index (χ2v) is 1.41. The number of aliphatic hydroxyl groups is 2. The van der Waals surface area contributed by atoms with E-state index in [1.807, 2.05) is 0 Å². The van der Waals surface area contributed by atoms with Crippen molar-refractivity contribution in [2.24, 2.45) is 0 Å². The van der Waals surface area contributed by atoms with Crippen molar-refractivity contribution < 1.29 is 51.9 Å². The van der Waals surface area contributed by atoms with E-state index in [1.54, 1.807) is 0 Å². The molecule has 0 aliphatic carbocycles. The van der Waals surface area contributed by atoms with Crippen LogP contribution in [-0.2, 0) is 26.4 Å². The van der Waals surface area contributed by atoms with Crippen LogP contribution in [0.25, 0.3) is 0 Å². The Morgan fingerprint density at radius 2 is 1.62 bits per heavy atom. The predicted molar refractivity (Wildman–Crippen MR) is 32.9 cm³/mol. The molecule has 0 heterocycles. The summed E-state index contributed by atoms with van der Waals surface area (Å²) in [5.74, 6) is -4.04. The van der Waals surface area contributed by atoms with Crippen LogP contribution in [0.5, 0.6) is 0 Å². The second kappa shape index (κ2) is 10.6. The quantitative estimate of drug-likeness (QED) is 0.346. The van der Waals surface area contributed by atoms with Crippen molar-refractivity contribution in [1.29, 1.82) is 0 Å². The van der Waals surface area contributed by atoms with Crippen LogP contribution in [0.1, 0.15) is 6.42 Å². The van der Waals surface area contributed by atoms with Crippen molar-refractivity contribution >= 4 is 12.4 Å². The molecule has 77 valence electrons. The van der Waals surface area contributed by atoms with Gasteiger partial charge < -0.3 is 30.3 Å². The van der Waals surface area contributed by atoms with Gasteiger partial charge in [-0.1, -0.05) is 6.47 Å².